The predicted molar refractivity (Wildman–Crippen MR) is 70.5 cm³/mol. The van der Waals surface area contributed by atoms with Crippen LogP contribution in [0, 0.1) is 0 Å². The summed E-state index contributed by atoms with van der Waals surface area (Å²) in [6, 6.07) is 6.67. The molecule has 2 rings (SSSR count). The maximum absolute atomic E-state index is 12.2. The molecule has 1 saturated heterocycles. The van der Waals surface area contributed by atoms with Crippen LogP contribution in [0.2, 0.25) is 5.02 Å². The smallest absolute Gasteiger partial charge is 0.251 e. The zero-order valence-corrected chi connectivity index (χ0v) is 11.6. The largest absolute Gasteiger partial charge is 0.274 e. The minimum atomic E-state index is -0.746. The van der Waals surface area contributed by atoms with Gasteiger partial charge in [-0.05, 0) is 30.7 Å². The van der Waals surface area contributed by atoms with Crippen molar-refractivity contribution < 1.29 is 9.59 Å². The Hall–Kier alpha value is -0.870. The van der Waals surface area contributed by atoms with Crippen LogP contribution in [0.1, 0.15) is 19.8 Å². The molecule has 0 bridgehead atoms. The van der Waals surface area contributed by atoms with E-state index >= 15 is 0 Å². The lowest BCUT2D eigenvalue weighted by Crippen LogP contribution is -2.35. The van der Waals surface area contributed by atoms with Crippen molar-refractivity contribution in [2.24, 2.45) is 0 Å². The van der Waals surface area contributed by atoms with E-state index in [0.29, 0.717) is 17.1 Å². The highest BCUT2D eigenvalue weighted by Gasteiger charge is 2.49. The van der Waals surface area contributed by atoms with Crippen molar-refractivity contribution in [2.45, 2.75) is 24.1 Å². The average molecular weight is 317 g/mol. The van der Waals surface area contributed by atoms with Crippen molar-refractivity contribution in [1.82, 2.24) is 0 Å². The normalized spacial score (nSPS) is 24.5. The molecule has 1 unspecified atom stereocenters. The highest BCUT2D eigenvalue weighted by atomic mass is 79.9. The van der Waals surface area contributed by atoms with Gasteiger partial charge in [0, 0.05) is 5.02 Å². The van der Waals surface area contributed by atoms with Crippen molar-refractivity contribution in [3.8, 4) is 0 Å². The molecule has 1 fully saturated rings. The van der Waals surface area contributed by atoms with Gasteiger partial charge in [-0.3, -0.25) is 9.59 Å². The van der Waals surface area contributed by atoms with E-state index in [9.17, 15) is 9.59 Å². The number of benzene rings is 1. The lowest BCUT2D eigenvalue weighted by Gasteiger charge is -2.18. The molecule has 2 amide bonds. The van der Waals surface area contributed by atoms with E-state index < -0.39 is 4.32 Å². The zero-order valence-electron chi connectivity index (χ0n) is 9.24. The van der Waals surface area contributed by atoms with Crippen molar-refractivity contribution in [3.05, 3.63) is 29.3 Å². The van der Waals surface area contributed by atoms with E-state index in [2.05, 4.69) is 15.9 Å². The third-order valence-electron chi connectivity index (χ3n) is 2.91. The van der Waals surface area contributed by atoms with Gasteiger partial charge in [-0.1, -0.05) is 34.5 Å². The highest BCUT2D eigenvalue weighted by Crippen LogP contribution is 2.38. The van der Waals surface area contributed by atoms with Gasteiger partial charge in [-0.15, -0.1) is 0 Å². The molecule has 1 heterocycles. The van der Waals surface area contributed by atoms with Gasteiger partial charge in [0.1, 0.15) is 4.32 Å². The summed E-state index contributed by atoms with van der Waals surface area (Å²) >= 11 is 9.14. The molecule has 0 spiro atoms. The minimum absolute atomic E-state index is 0.184. The van der Waals surface area contributed by atoms with Gasteiger partial charge in [0.25, 0.3) is 5.91 Å². The number of nitrogens with zero attached hydrogens (tertiary/aromatic N) is 1. The maximum Gasteiger partial charge on any atom is 0.251 e. The van der Waals surface area contributed by atoms with Crippen molar-refractivity contribution in [1.29, 1.82) is 0 Å². The standard InChI is InChI=1S/C12H11BrClNO2/c1-2-12(13)7-10(16)15(11(12)17)9-5-3-8(14)4-6-9/h3-6H,2,7H2,1H3. The van der Waals surface area contributed by atoms with Gasteiger partial charge in [0.05, 0.1) is 12.1 Å². The number of hydrogen-bond acceptors (Lipinski definition) is 2. The van der Waals surface area contributed by atoms with Crippen molar-refractivity contribution in [2.75, 3.05) is 4.90 Å². The number of hydrogen-bond donors (Lipinski definition) is 0. The van der Waals surface area contributed by atoms with Gasteiger partial charge in [-0.25, -0.2) is 4.90 Å². The SMILES string of the molecule is CCC1(Br)CC(=O)N(c2ccc(Cl)cc2)C1=O. The summed E-state index contributed by atoms with van der Waals surface area (Å²) in [6.45, 7) is 1.88. The Balaban J connectivity index is 2.37. The molecule has 1 aliphatic heterocycles. The van der Waals surface area contributed by atoms with Gasteiger partial charge in [0.2, 0.25) is 5.91 Å². The van der Waals surface area contributed by atoms with Crippen LogP contribution in [0.25, 0.3) is 0 Å². The number of carbonyl (C=O) groups is 2. The van der Waals surface area contributed by atoms with Crippen LogP contribution in [0.15, 0.2) is 24.3 Å². The van der Waals surface area contributed by atoms with Crippen LogP contribution >= 0.6 is 27.5 Å². The van der Waals surface area contributed by atoms with E-state index in [4.69, 9.17) is 11.6 Å². The average Bonchev–Trinajstić information content (AvgIpc) is 2.53. The van der Waals surface area contributed by atoms with Crippen LogP contribution in [-0.2, 0) is 9.59 Å². The summed E-state index contributed by atoms with van der Waals surface area (Å²) in [5, 5.41) is 0.577. The van der Waals surface area contributed by atoms with Gasteiger partial charge < -0.3 is 0 Å². The molecule has 17 heavy (non-hydrogen) atoms. The summed E-state index contributed by atoms with van der Waals surface area (Å²) < 4.78 is -0.746. The van der Waals surface area contributed by atoms with Crippen LogP contribution < -0.4 is 4.90 Å². The first-order chi connectivity index (χ1) is 7.98. The Morgan fingerprint density at radius 2 is 1.94 bits per heavy atom. The third kappa shape index (κ3) is 2.11. The molecule has 1 aromatic carbocycles. The molecule has 3 nitrogen and oxygen atoms in total. The summed E-state index contributed by atoms with van der Waals surface area (Å²) in [6.07, 6.45) is 0.784. The van der Waals surface area contributed by atoms with Gasteiger partial charge >= 0.3 is 0 Å². The van der Waals surface area contributed by atoms with Crippen LogP contribution in [0.5, 0.6) is 0 Å². The number of carbonyl (C=O) groups excluding carboxylic acids is 2. The Morgan fingerprint density at radius 1 is 1.35 bits per heavy atom. The maximum atomic E-state index is 12.2. The quantitative estimate of drug-likeness (QED) is 0.621. The number of rotatable bonds is 2. The molecular formula is C12H11BrClNO2. The second-order valence-corrected chi connectivity index (χ2v) is 5.96. The first-order valence-corrected chi connectivity index (χ1v) is 6.47. The number of halogens is 2. The molecule has 0 saturated carbocycles. The second-order valence-electron chi connectivity index (χ2n) is 4.01. The van der Waals surface area contributed by atoms with E-state index in [1.807, 2.05) is 6.92 Å². The van der Waals surface area contributed by atoms with Crippen LogP contribution in [0.4, 0.5) is 5.69 Å². The molecule has 90 valence electrons. The minimum Gasteiger partial charge on any atom is -0.274 e. The van der Waals surface area contributed by atoms with E-state index in [-0.39, 0.29) is 18.2 Å². The Bertz CT molecular complexity index is 474. The lowest BCUT2D eigenvalue weighted by molar-refractivity contribution is -0.121. The Kier molecular flexibility index (Phi) is 3.27. The summed E-state index contributed by atoms with van der Waals surface area (Å²) in [5.41, 5.74) is 0.569. The summed E-state index contributed by atoms with van der Waals surface area (Å²) in [7, 11) is 0. The first-order valence-electron chi connectivity index (χ1n) is 5.30. The highest BCUT2D eigenvalue weighted by molar-refractivity contribution is 9.10. The molecule has 1 aromatic rings. The van der Waals surface area contributed by atoms with Gasteiger partial charge in [0.15, 0.2) is 0 Å². The molecule has 0 N–H and O–H groups in total. The Labute approximate surface area is 113 Å². The Morgan fingerprint density at radius 3 is 2.41 bits per heavy atom. The molecular weight excluding hydrogens is 305 g/mol. The van der Waals surface area contributed by atoms with Crippen LogP contribution in [0.3, 0.4) is 0 Å². The first kappa shape index (κ1) is 12.6. The molecule has 1 aliphatic rings. The molecule has 0 aromatic heterocycles. The van der Waals surface area contributed by atoms with Crippen molar-refractivity contribution in [3.63, 3.8) is 0 Å². The molecule has 0 aliphatic carbocycles. The fraction of sp³-hybridized carbons (Fsp3) is 0.333. The molecule has 1 atom stereocenters. The number of alkyl halides is 1. The van der Waals surface area contributed by atoms with Crippen molar-refractivity contribution >= 4 is 45.0 Å². The third-order valence-corrected chi connectivity index (χ3v) is 4.34. The van der Waals surface area contributed by atoms with E-state index in [1.165, 1.54) is 4.90 Å². The topological polar surface area (TPSA) is 37.4 Å². The van der Waals surface area contributed by atoms with E-state index in [1.54, 1.807) is 24.3 Å². The molecule has 5 heteroatoms. The summed E-state index contributed by atoms with van der Waals surface area (Å²) in [4.78, 5) is 25.3. The second kappa shape index (κ2) is 4.42. The monoisotopic (exact) mass is 315 g/mol. The fourth-order valence-corrected chi connectivity index (χ4v) is 2.38. The van der Waals surface area contributed by atoms with E-state index in [0.717, 1.165) is 0 Å². The van der Waals surface area contributed by atoms with Crippen LogP contribution in [-0.4, -0.2) is 16.1 Å². The van der Waals surface area contributed by atoms with Gasteiger partial charge in [-0.2, -0.15) is 0 Å². The zero-order chi connectivity index (χ0) is 12.6. The number of amides is 2. The molecule has 0 radical (unpaired) electrons. The summed E-state index contributed by atoms with van der Waals surface area (Å²) in [5.74, 6) is -0.386. The lowest BCUT2D eigenvalue weighted by atomic mass is 10.1. The fourth-order valence-electron chi connectivity index (χ4n) is 1.84. The predicted octanol–water partition coefficient (Wildman–Crippen LogP) is 3.15. The number of anilines is 1. The number of imide groups is 1.